The van der Waals surface area contributed by atoms with E-state index < -0.39 is 22.0 Å². The van der Waals surface area contributed by atoms with Crippen LogP contribution in [0.25, 0.3) is 0 Å². The fourth-order valence-electron chi connectivity index (χ4n) is 3.36. The van der Waals surface area contributed by atoms with E-state index in [1.807, 2.05) is 44.2 Å². The van der Waals surface area contributed by atoms with Crippen molar-refractivity contribution in [1.82, 2.24) is 5.32 Å². The number of carboxylic acids is 2. The van der Waals surface area contributed by atoms with Gasteiger partial charge in [0.25, 0.3) is 0 Å². The van der Waals surface area contributed by atoms with E-state index in [9.17, 15) is 18.0 Å². The Morgan fingerprint density at radius 1 is 0.974 bits per heavy atom. The molecule has 0 aromatic heterocycles. The zero-order chi connectivity index (χ0) is 28.6. The van der Waals surface area contributed by atoms with Gasteiger partial charge >= 0.3 is 11.9 Å². The predicted octanol–water partition coefficient (Wildman–Crippen LogP) is 3.48. The third-order valence-corrected chi connectivity index (χ3v) is 6.04. The van der Waals surface area contributed by atoms with E-state index in [4.69, 9.17) is 29.6 Å². The van der Waals surface area contributed by atoms with Crippen molar-refractivity contribution < 1.29 is 42.4 Å². The first kappa shape index (κ1) is 35.9. The Morgan fingerprint density at radius 2 is 1.54 bits per heavy atom. The lowest BCUT2D eigenvalue weighted by Gasteiger charge is -2.16. The van der Waals surface area contributed by atoms with Crippen LogP contribution in [-0.4, -0.2) is 63.5 Å². The molecule has 0 heterocycles. The maximum absolute atomic E-state index is 11.7. The molecule has 0 amide bonds. The molecule has 5 N–H and O–H groups in total. The highest BCUT2D eigenvalue weighted by atomic mass is 35.5. The van der Waals surface area contributed by atoms with Crippen molar-refractivity contribution in [3.8, 4) is 17.2 Å². The molecule has 0 fully saturated rings. The number of benzene rings is 2. The van der Waals surface area contributed by atoms with E-state index in [0.717, 1.165) is 11.3 Å². The lowest BCUT2D eigenvalue weighted by molar-refractivity contribution is -0.139. The van der Waals surface area contributed by atoms with Gasteiger partial charge in [-0.05, 0) is 62.9 Å². The molecule has 39 heavy (non-hydrogen) atoms. The molecule has 0 bridgehead atoms. The van der Waals surface area contributed by atoms with Crippen molar-refractivity contribution in [3.05, 3.63) is 48.0 Å². The third kappa shape index (κ3) is 15.2. The number of para-hydroxylation sites is 2. The van der Waals surface area contributed by atoms with Crippen LogP contribution >= 0.6 is 12.4 Å². The summed E-state index contributed by atoms with van der Waals surface area (Å²) in [5.74, 6) is -0.0532. The van der Waals surface area contributed by atoms with E-state index >= 15 is 0 Å². The quantitative estimate of drug-likeness (QED) is 0.212. The molecule has 0 saturated heterocycles. The van der Waals surface area contributed by atoms with Gasteiger partial charge in [0.1, 0.15) is 17.3 Å². The molecular weight excluding hydrogens is 552 g/mol. The lowest BCUT2D eigenvalue weighted by atomic mass is 10.1. The number of rotatable bonds is 16. The van der Waals surface area contributed by atoms with Crippen molar-refractivity contribution in [1.29, 1.82) is 0 Å². The predicted molar refractivity (Wildman–Crippen MR) is 150 cm³/mol. The van der Waals surface area contributed by atoms with E-state index in [-0.39, 0.29) is 41.9 Å². The average molecular weight is 591 g/mol. The topological polar surface area (TPSA) is 174 Å². The van der Waals surface area contributed by atoms with Crippen LogP contribution in [0.15, 0.2) is 47.4 Å². The molecule has 0 spiro atoms. The Morgan fingerprint density at radius 3 is 2.03 bits per heavy atom. The second kappa shape index (κ2) is 19.1. The van der Waals surface area contributed by atoms with Gasteiger partial charge in [-0.2, -0.15) is 0 Å². The average Bonchev–Trinajstić information content (AvgIpc) is 2.85. The first-order chi connectivity index (χ1) is 18.0. The molecular formula is C26H39ClN2O9S. The minimum absolute atomic E-state index is 0. The van der Waals surface area contributed by atoms with Crippen molar-refractivity contribution in [3.63, 3.8) is 0 Å². The summed E-state index contributed by atoms with van der Waals surface area (Å²) in [6.45, 7) is 5.66. The number of carbonyl (C=O) groups is 2. The number of sulfonamides is 1. The summed E-state index contributed by atoms with van der Waals surface area (Å²) in [5.41, 5.74) is 0.854. The monoisotopic (exact) mass is 590 g/mol. The number of primary sulfonamides is 1. The lowest BCUT2D eigenvalue weighted by Crippen LogP contribution is -2.32. The number of nitrogens with one attached hydrogen (secondary N) is 1. The highest BCUT2D eigenvalue weighted by molar-refractivity contribution is 7.89. The molecule has 0 aliphatic heterocycles. The van der Waals surface area contributed by atoms with E-state index in [1.165, 1.54) is 7.11 Å². The summed E-state index contributed by atoms with van der Waals surface area (Å²) >= 11 is 0. The minimum Gasteiger partial charge on any atom is -0.495 e. The van der Waals surface area contributed by atoms with Crippen molar-refractivity contribution in [2.75, 3.05) is 26.9 Å². The number of hydrogen-bond donors (Lipinski definition) is 4. The number of carboxylic acid groups (broad SMARTS) is 2. The Balaban J connectivity index is 0.00000112. The van der Waals surface area contributed by atoms with Crippen molar-refractivity contribution >= 4 is 34.4 Å². The van der Waals surface area contributed by atoms with Gasteiger partial charge in [0.2, 0.25) is 10.0 Å². The number of unbranched alkanes of at least 4 members (excludes halogenated alkanes) is 1. The first-order valence-corrected chi connectivity index (χ1v) is 13.7. The standard InChI is InChI=1S/C20H28N2O5S.C6H10O4.ClH/c1-4-26-17-7-5-6-8-18(17)27-12-11-22-15(2)13-16-9-10-19(25-3)20(14-16)28(21,23)24;7-5(8)3-1-2-4-6(9)10;/h5-10,14-15,22H,4,11-13H2,1-3H3,(H2,21,23,24);1-4H2,(H,7,8)(H,9,10);1H/t15-;;/m1../s1. The Bertz CT molecular complexity index is 1110. The number of nitrogens with two attached hydrogens (primary N) is 1. The highest BCUT2D eigenvalue weighted by Crippen LogP contribution is 2.26. The summed E-state index contributed by atoms with van der Waals surface area (Å²) in [6, 6.07) is 12.7. The summed E-state index contributed by atoms with van der Waals surface area (Å²) in [5, 5.41) is 24.9. The molecule has 2 aromatic rings. The Hall–Kier alpha value is -3.06. The van der Waals surface area contributed by atoms with Crippen LogP contribution in [0.3, 0.4) is 0 Å². The van der Waals surface area contributed by atoms with Gasteiger partial charge in [0.05, 0.1) is 13.7 Å². The van der Waals surface area contributed by atoms with Crippen LogP contribution in [0, 0.1) is 0 Å². The molecule has 0 saturated carbocycles. The number of halogens is 1. The SMILES string of the molecule is CCOc1ccccc1OCCN[C@H](C)Cc1ccc(OC)c(S(N)(=O)=O)c1.Cl.O=C(O)CCCCC(=O)O. The van der Waals surface area contributed by atoms with Gasteiger partial charge in [-0.25, -0.2) is 13.6 Å². The highest BCUT2D eigenvalue weighted by Gasteiger charge is 2.16. The molecule has 13 heteroatoms. The summed E-state index contributed by atoms with van der Waals surface area (Å²) in [4.78, 5) is 19.8. The summed E-state index contributed by atoms with van der Waals surface area (Å²) in [7, 11) is -2.43. The van der Waals surface area contributed by atoms with Crippen LogP contribution in [0.1, 0.15) is 45.1 Å². The minimum atomic E-state index is -3.84. The van der Waals surface area contributed by atoms with E-state index in [2.05, 4.69) is 5.32 Å². The van der Waals surface area contributed by atoms with Crippen molar-refractivity contribution in [2.24, 2.45) is 5.14 Å². The third-order valence-electron chi connectivity index (χ3n) is 5.11. The zero-order valence-electron chi connectivity index (χ0n) is 22.4. The molecule has 0 aliphatic rings. The number of hydrogen-bond acceptors (Lipinski definition) is 8. The van der Waals surface area contributed by atoms with E-state index in [1.54, 1.807) is 12.1 Å². The van der Waals surface area contributed by atoms with Gasteiger partial charge in [0, 0.05) is 25.4 Å². The molecule has 11 nitrogen and oxygen atoms in total. The normalized spacial score (nSPS) is 11.3. The molecule has 2 aromatic carbocycles. The molecule has 220 valence electrons. The number of ether oxygens (including phenoxy) is 3. The van der Waals surface area contributed by atoms with Crippen LogP contribution in [-0.2, 0) is 26.0 Å². The molecule has 0 aliphatic carbocycles. The maximum atomic E-state index is 11.7. The molecule has 2 rings (SSSR count). The Kier molecular flexibility index (Phi) is 17.6. The second-order valence-corrected chi connectivity index (χ2v) is 9.84. The largest absolute Gasteiger partial charge is 0.495 e. The summed E-state index contributed by atoms with van der Waals surface area (Å²) < 4.78 is 39.9. The molecule has 0 unspecified atom stereocenters. The van der Waals surface area contributed by atoms with E-state index in [0.29, 0.717) is 44.8 Å². The Labute approximate surface area is 236 Å². The fourth-order valence-corrected chi connectivity index (χ4v) is 4.11. The van der Waals surface area contributed by atoms with Gasteiger partial charge in [-0.15, -0.1) is 12.4 Å². The van der Waals surface area contributed by atoms with Crippen LogP contribution in [0.5, 0.6) is 17.2 Å². The number of aliphatic carboxylic acids is 2. The van der Waals surface area contributed by atoms with Crippen LogP contribution in [0.2, 0.25) is 0 Å². The molecule has 1 atom stereocenters. The maximum Gasteiger partial charge on any atom is 0.303 e. The van der Waals surface area contributed by atoms with Gasteiger partial charge < -0.3 is 29.7 Å². The smallest absolute Gasteiger partial charge is 0.303 e. The summed E-state index contributed by atoms with van der Waals surface area (Å²) in [6.07, 6.45) is 1.66. The van der Waals surface area contributed by atoms with Crippen molar-refractivity contribution in [2.45, 2.75) is 56.9 Å². The fraction of sp³-hybridized carbons (Fsp3) is 0.462. The zero-order valence-corrected chi connectivity index (χ0v) is 24.1. The van der Waals surface area contributed by atoms with Gasteiger partial charge in [-0.3, -0.25) is 9.59 Å². The van der Waals surface area contributed by atoms with Gasteiger partial charge in [-0.1, -0.05) is 18.2 Å². The van der Waals surface area contributed by atoms with Crippen LogP contribution < -0.4 is 24.7 Å². The second-order valence-electron chi connectivity index (χ2n) is 8.31. The number of methoxy groups -OCH3 is 1. The molecule has 0 radical (unpaired) electrons. The van der Waals surface area contributed by atoms with Gasteiger partial charge in [0.15, 0.2) is 11.5 Å². The van der Waals surface area contributed by atoms with Crippen LogP contribution in [0.4, 0.5) is 0 Å². The first-order valence-electron chi connectivity index (χ1n) is 12.2.